The van der Waals surface area contributed by atoms with Gasteiger partial charge in [0.1, 0.15) is 17.4 Å². The number of rotatable bonds is 7. The van der Waals surface area contributed by atoms with E-state index in [1.807, 2.05) is 0 Å². The van der Waals surface area contributed by atoms with Gasteiger partial charge in [-0.3, -0.25) is 14.2 Å². The second-order valence-electron chi connectivity index (χ2n) is 6.69. The summed E-state index contributed by atoms with van der Waals surface area (Å²) in [5, 5.41) is 20.2. The van der Waals surface area contributed by atoms with E-state index in [9.17, 15) is 24.3 Å². The van der Waals surface area contributed by atoms with Gasteiger partial charge in [-0.25, -0.2) is 4.39 Å². The summed E-state index contributed by atoms with van der Waals surface area (Å²) in [6.45, 7) is 0.820. The molecule has 0 unspecified atom stereocenters. The van der Waals surface area contributed by atoms with Crippen molar-refractivity contribution in [3.8, 4) is 23.4 Å². The highest BCUT2D eigenvalue weighted by molar-refractivity contribution is 6.01. The molecule has 0 aliphatic rings. The van der Waals surface area contributed by atoms with Crippen LogP contribution in [0, 0.1) is 24.1 Å². The summed E-state index contributed by atoms with van der Waals surface area (Å²) in [6, 6.07) is 13.8. The Balaban J connectivity index is 1.99. The van der Waals surface area contributed by atoms with E-state index < -0.39 is 29.6 Å². The lowest BCUT2D eigenvalue weighted by Crippen LogP contribution is -2.28. The average molecular weight is 422 g/mol. The van der Waals surface area contributed by atoms with E-state index in [0.29, 0.717) is 17.1 Å². The molecule has 3 aromatic rings. The fraction of sp³-hybridized carbons (Fsp3) is 0.174. The van der Waals surface area contributed by atoms with Crippen LogP contribution >= 0.6 is 0 Å². The van der Waals surface area contributed by atoms with Crippen LogP contribution in [0.25, 0.3) is 0 Å². The molecule has 0 aliphatic carbocycles. The number of aromatic nitrogens is 1. The lowest BCUT2D eigenvalue weighted by atomic mass is 10.0. The quantitative estimate of drug-likeness (QED) is 0.587. The molecule has 1 aromatic heterocycles. The molecule has 3 rings (SSSR count). The summed E-state index contributed by atoms with van der Waals surface area (Å²) in [5.74, 6) is -0.901. The molecule has 158 valence electrons. The molecule has 7 nitrogen and oxygen atoms in total. The van der Waals surface area contributed by atoms with Crippen LogP contribution in [0.1, 0.15) is 27.0 Å². The Kier molecular flexibility index (Phi) is 6.36. The van der Waals surface area contributed by atoms with Crippen molar-refractivity contribution in [2.75, 3.05) is 13.7 Å². The van der Waals surface area contributed by atoms with Gasteiger partial charge in [0.05, 0.1) is 19.2 Å². The van der Waals surface area contributed by atoms with Gasteiger partial charge in [-0.05, 0) is 42.3 Å². The van der Waals surface area contributed by atoms with Gasteiger partial charge in [0.15, 0.2) is 18.1 Å². The Morgan fingerprint density at radius 2 is 1.81 bits per heavy atom. The summed E-state index contributed by atoms with van der Waals surface area (Å²) >= 11 is 0. The minimum atomic E-state index is -0.746. The maximum absolute atomic E-state index is 13.2. The van der Waals surface area contributed by atoms with Crippen molar-refractivity contribution < 1.29 is 23.8 Å². The first-order valence-electron chi connectivity index (χ1n) is 9.27. The van der Waals surface area contributed by atoms with E-state index in [-0.39, 0.29) is 23.2 Å². The predicted molar refractivity (Wildman–Crippen MR) is 110 cm³/mol. The fourth-order valence-corrected chi connectivity index (χ4v) is 3.16. The number of benzene rings is 2. The third-order valence-electron chi connectivity index (χ3n) is 4.76. The van der Waals surface area contributed by atoms with E-state index in [0.717, 1.165) is 4.57 Å². The molecule has 1 N–H and O–H groups in total. The van der Waals surface area contributed by atoms with Crippen LogP contribution < -0.4 is 15.0 Å². The number of ketones is 1. The lowest BCUT2D eigenvalue weighted by Gasteiger charge is -2.16. The first kappa shape index (κ1) is 21.6. The van der Waals surface area contributed by atoms with E-state index in [1.165, 1.54) is 38.3 Å². The van der Waals surface area contributed by atoms with Crippen LogP contribution in [0.5, 0.6) is 17.4 Å². The maximum atomic E-state index is 13.2. The van der Waals surface area contributed by atoms with Crippen molar-refractivity contribution in [3.63, 3.8) is 0 Å². The highest BCUT2D eigenvalue weighted by atomic mass is 19.1. The molecule has 1 heterocycles. The lowest BCUT2D eigenvalue weighted by molar-refractivity contribution is 0.0914. The van der Waals surface area contributed by atoms with E-state index in [1.54, 1.807) is 30.3 Å². The van der Waals surface area contributed by atoms with Crippen LogP contribution in [0.15, 0.2) is 53.3 Å². The molecule has 0 amide bonds. The van der Waals surface area contributed by atoms with Crippen molar-refractivity contribution >= 4 is 5.78 Å². The molecule has 0 aliphatic heterocycles. The van der Waals surface area contributed by atoms with Gasteiger partial charge in [-0.2, -0.15) is 5.26 Å². The third-order valence-corrected chi connectivity index (χ3v) is 4.76. The number of nitriles is 1. The van der Waals surface area contributed by atoms with Crippen molar-refractivity contribution in [1.29, 1.82) is 5.26 Å². The number of methoxy groups -OCH3 is 1. The standard InChI is InChI=1S/C23H19FN2O5/c1-14-17(11-25)22(28)26(12-15-7-9-16(24)10-8-15)23(29)21(14)18(27)13-31-20-6-4-3-5-19(20)30-2/h3-10,29H,12-13H2,1-2H3. The Morgan fingerprint density at radius 1 is 1.16 bits per heavy atom. The highest BCUT2D eigenvalue weighted by Gasteiger charge is 2.24. The molecular formula is C23H19FN2O5. The number of pyridine rings is 1. The van der Waals surface area contributed by atoms with Gasteiger partial charge in [-0.1, -0.05) is 24.3 Å². The van der Waals surface area contributed by atoms with Gasteiger partial charge in [-0.15, -0.1) is 0 Å². The van der Waals surface area contributed by atoms with Gasteiger partial charge in [0.25, 0.3) is 5.56 Å². The third kappa shape index (κ3) is 4.41. The first-order chi connectivity index (χ1) is 14.9. The number of halogens is 1. The number of carbonyl (C=O) groups excluding carboxylic acids is 1. The minimum Gasteiger partial charge on any atom is -0.494 e. The largest absolute Gasteiger partial charge is 0.494 e. The molecule has 0 saturated carbocycles. The van der Waals surface area contributed by atoms with Crippen molar-refractivity contribution in [2.45, 2.75) is 13.5 Å². The van der Waals surface area contributed by atoms with Crippen molar-refractivity contribution in [3.05, 3.63) is 87.0 Å². The number of aromatic hydroxyl groups is 1. The van der Waals surface area contributed by atoms with E-state index in [4.69, 9.17) is 9.47 Å². The van der Waals surface area contributed by atoms with Crippen molar-refractivity contribution in [2.24, 2.45) is 0 Å². The second kappa shape index (κ2) is 9.13. The van der Waals surface area contributed by atoms with Crippen LogP contribution in [0.4, 0.5) is 4.39 Å². The smallest absolute Gasteiger partial charge is 0.271 e. The molecule has 0 radical (unpaired) electrons. The van der Waals surface area contributed by atoms with Crippen molar-refractivity contribution in [1.82, 2.24) is 4.57 Å². The van der Waals surface area contributed by atoms with Gasteiger partial charge < -0.3 is 14.6 Å². The summed E-state index contributed by atoms with van der Waals surface area (Å²) in [4.78, 5) is 25.6. The van der Waals surface area contributed by atoms with Gasteiger partial charge in [0.2, 0.25) is 11.7 Å². The Hall–Kier alpha value is -4.12. The molecule has 2 aromatic carbocycles. The Bertz CT molecular complexity index is 1230. The van der Waals surface area contributed by atoms with Crippen LogP contribution in [0.3, 0.4) is 0 Å². The maximum Gasteiger partial charge on any atom is 0.271 e. The number of ether oxygens (including phenoxy) is 2. The number of hydrogen-bond acceptors (Lipinski definition) is 6. The molecule has 0 fully saturated rings. The number of nitrogens with zero attached hydrogens (tertiary/aromatic N) is 2. The van der Waals surface area contributed by atoms with Crippen LogP contribution in [-0.4, -0.2) is 29.2 Å². The molecule has 0 spiro atoms. The van der Waals surface area contributed by atoms with Crippen LogP contribution in [0.2, 0.25) is 0 Å². The summed E-state index contributed by atoms with van der Waals surface area (Å²) < 4.78 is 24.8. The number of Topliss-reactive ketones (excluding diaryl/α,β-unsaturated/α-hetero) is 1. The average Bonchev–Trinajstić information content (AvgIpc) is 2.77. The molecular weight excluding hydrogens is 403 g/mol. The molecule has 8 heteroatoms. The predicted octanol–water partition coefficient (Wildman–Crippen LogP) is 3.19. The summed E-state index contributed by atoms with van der Waals surface area (Å²) in [6.07, 6.45) is 0. The second-order valence-corrected chi connectivity index (χ2v) is 6.69. The van der Waals surface area contributed by atoms with Gasteiger partial charge in [0, 0.05) is 0 Å². The van der Waals surface area contributed by atoms with E-state index in [2.05, 4.69) is 0 Å². The minimum absolute atomic E-state index is 0.0639. The summed E-state index contributed by atoms with van der Waals surface area (Å²) in [7, 11) is 1.46. The topological polar surface area (TPSA) is 102 Å². The first-order valence-corrected chi connectivity index (χ1v) is 9.27. The number of hydrogen-bond donors (Lipinski definition) is 1. The van der Waals surface area contributed by atoms with Crippen LogP contribution in [-0.2, 0) is 6.54 Å². The zero-order valence-corrected chi connectivity index (χ0v) is 16.9. The zero-order chi connectivity index (χ0) is 22.5. The molecule has 0 saturated heterocycles. The molecule has 31 heavy (non-hydrogen) atoms. The SMILES string of the molecule is COc1ccccc1OCC(=O)c1c(C)c(C#N)c(=O)n(Cc2ccc(F)cc2)c1O. The number of carbonyl (C=O) groups is 1. The van der Waals surface area contributed by atoms with E-state index >= 15 is 0 Å². The Labute approximate surface area is 177 Å². The molecule has 0 atom stereocenters. The molecule has 0 bridgehead atoms. The zero-order valence-electron chi connectivity index (χ0n) is 16.9. The van der Waals surface area contributed by atoms with Gasteiger partial charge >= 0.3 is 0 Å². The highest BCUT2D eigenvalue weighted by Crippen LogP contribution is 2.27. The number of para-hydroxylation sites is 2. The Morgan fingerprint density at radius 3 is 2.42 bits per heavy atom. The fourth-order valence-electron chi connectivity index (χ4n) is 3.16. The normalized spacial score (nSPS) is 10.4. The monoisotopic (exact) mass is 422 g/mol. The summed E-state index contributed by atoms with van der Waals surface area (Å²) in [5.41, 5.74) is -0.623.